The number of ether oxygens (including phenoxy) is 2. The monoisotopic (exact) mass is 160 g/mol. The van der Waals surface area contributed by atoms with Crippen LogP contribution < -0.4 is 0 Å². The third kappa shape index (κ3) is 1.23. The summed E-state index contributed by atoms with van der Waals surface area (Å²) >= 11 is 10.5. The zero-order valence-corrected chi connectivity index (χ0v) is 5.19. The summed E-state index contributed by atoms with van der Waals surface area (Å²) in [6.07, 6.45) is 0. The van der Waals surface area contributed by atoms with Gasteiger partial charge in [0.1, 0.15) is 0 Å². The Hall–Kier alpha value is 0.430. The first-order valence-electron chi connectivity index (χ1n) is 1.93. The highest BCUT2D eigenvalue weighted by atomic mass is 35.5. The second-order valence-corrected chi connectivity index (χ2v) is 2.11. The molecule has 1 aliphatic rings. The molecule has 0 spiro atoms. The van der Waals surface area contributed by atoms with Crippen molar-refractivity contribution in [2.75, 3.05) is 0 Å². The predicted molar refractivity (Wildman–Crippen MR) is 26.3 cm³/mol. The van der Waals surface area contributed by atoms with Crippen LogP contribution in [0.5, 0.6) is 0 Å². The van der Waals surface area contributed by atoms with E-state index in [4.69, 9.17) is 23.2 Å². The Bertz CT molecular complexity index is 81.4. The summed E-state index contributed by atoms with van der Waals surface area (Å²) < 4.78 is 20.2. The summed E-state index contributed by atoms with van der Waals surface area (Å²) in [7, 11) is 0. The Balaban J connectivity index is 2.39. The standard InChI is InChI=1S/C3H3Cl2FO2/c4-1-2(5)8-3(6)7-1/h1-3H. The van der Waals surface area contributed by atoms with Crippen molar-refractivity contribution in [2.45, 2.75) is 17.7 Å². The second-order valence-electron chi connectivity index (χ2n) is 1.25. The lowest BCUT2D eigenvalue weighted by Gasteiger charge is -1.96. The van der Waals surface area contributed by atoms with Crippen molar-refractivity contribution in [2.24, 2.45) is 0 Å². The molecule has 8 heavy (non-hydrogen) atoms. The molecule has 0 amide bonds. The normalized spacial score (nSPS) is 47.6. The molecule has 1 aliphatic heterocycles. The molecule has 2 atom stereocenters. The highest BCUT2D eigenvalue weighted by molar-refractivity contribution is 6.28. The lowest BCUT2D eigenvalue weighted by molar-refractivity contribution is -0.145. The van der Waals surface area contributed by atoms with Gasteiger partial charge in [0, 0.05) is 0 Å². The lowest BCUT2D eigenvalue weighted by Crippen LogP contribution is -2.07. The minimum Gasteiger partial charge on any atom is -0.303 e. The molecule has 1 rings (SSSR count). The van der Waals surface area contributed by atoms with Gasteiger partial charge in [0.25, 0.3) is 0 Å². The molecule has 1 heterocycles. The van der Waals surface area contributed by atoms with Crippen LogP contribution in [0, 0.1) is 0 Å². The fourth-order valence-corrected chi connectivity index (χ4v) is 0.641. The van der Waals surface area contributed by atoms with E-state index in [2.05, 4.69) is 9.47 Å². The summed E-state index contributed by atoms with van der Waals surface area (Å²) in [5.74, 6) is 0. The third-order valence-corrected chi connectivity index (χ3v) is 1.47. The van der Waals surface area contributed by atoms with E-state index in [0.717, 1.165) is 0 Å². The Morgan fingerprint density at radius 2 is 1.50 bits per heavy atom. The third-order valence-electron chi connectivity index (χ3n) is 0.680. The molecular weight excluding hydrogens is 158 g/mol. The van der Waals surface area contributed by atoms with Crippen molar-refractivity contribution >= 4 is 23.2 Å². The van der Waals surface area contributed by atoms with Crippen LogP contribution in [-0.2, 0) is 9.47 Å². The molecule has 1 fully saturated rings. The van der Waals surface area contributed by atoms with Gasteiger partial charge in [0.15, 0.2) is 11.1 Å². The largest absolute Gasteiger partial charge is 0.312 e. The Kier molecular flexibility index (Phi) is 1.92. The second kappa shape index (κ2) is 2.35. The molecule has 0 aromatic heterocycles. The van der Waals surface area contributed by atoms with Crippen LogP contribution in [-0.4, -0.2) is 17.7 Å². The van der Waals surface area contributed by atoms with Gasteiger partial charge >= 0.3 is 6.54 Å². The first kappa shape index (κ1) is 6.55. The van der Waals surface area contributed by atoms with Gasteiger partial charge < -0.3 is 9.47 Å². The molecule has 0 aromatic carbocycles. The van der Waals surface area contributed by atoms with Gasteiger partial charge in [0.2, 0.25) is 0 Å². The van der Waals surface area contributed by atoms with Gasteiger partial charge in [-0.05, 0) is 0 Å². The molecule has 5 heteroatoms. The SMILES string of the molecule is FC1OC(Cl)C(Cl)O1. The molecule has 2 unspecified atom stereocenters. The minimum absolute atomic E-state index is 0.869. The first-order chi connectivity index (χ1) is 3.70. The molecule has 0 radical (unpaired) electrons. The van der Waals surface area contributed by atoms with Crippen LogP contribution in [0.4, 0.5) is 4.39 Å². The molecule has 0 N–H and O–H groups in total. The summed E-state index contributed by atoms with van der Waals surface area (Å²) in [6, 6.07) is 0. The van der Waals surface area contributed by atoms with Crippen LogP contribution in [0.15, 0.2) is 0 Å². The zero-order valence-electron chi connectivity index (χ0n) is 3.68. The fourth-order valence-electron chi connectivity index (χ4n) is 0.360. The first-order valence-corrected chi connectivity index (χ1v) is 2.80. The van der Waals surface area contributed by atoms with Crippen LogP contribution >= 0.6 is 23.2 Å². The molecule has 2 nitrogen and oxygen atoms in total. The molecule has 0 aromatic rings. The topological polar surface area (TPSA) is 18.5 Å². The van der Waals surface area contributed by atoms with Crippen LogP contribution in [0.25, 0.3) is 0 Å². The van der Waals surface area contributed by atoms with E-state index in [9.17, 15) is 4.39 Å². The molecule has 0 aliphatic carbocycles. The maximum atomic E-state index is 11.8. The van der Waals surface area contributed by atoms with Crippen LogP contribution in [0.1, 0.15) is 0 Å². The van der Waals surface area contributed by atoms with Gasteiger partial charge in [0.05, 0.1) is 0 Å². The zero-order chi connectivity index (χ0) is 6.15. The van der Waals surface area contributed by atoms with Crippen LogP contribution in [0.2, 0.25) is 0 Å². The Morgan fingerprint density at radius 1 is 1.12 bits per heavy atom. The smallest absolute Gasteiger partial charge is 0.303 e. The maximum Gasteiger partial charge on any atom is 0.312 e. The van der Waals surface area contributed by atoms with Crippen molar-refractivity contribution in [3.05, 3.63) is 0 Å². The lowest BCUT2D eigenvalue weighted by atomic mass is 10.8. The van der Waals surface area contributed by atoms with Crippen molar-refractivity contribution in [3.8, 4) is 0 Å². The number of halogens is 3. The van der Waals surface area contributed by atoms with E-state index < -0.39 is 17.7 Å². The highest BCUT2D eigenvalue weighted by Gasteiger charge is 2.32. The quantitative estimate of drug-likeness (QED) is 0.500. The Morgan fingerprint density at radius 3 is 1.62 bits per heavy atom. The summed E-state index contributed by atoms with van der Waals surface area (Å²) in [6.45, 7) is -1.76. The summed E-state index contributed by atoms with van der Waals surface area (Å²) in [5, 5.41) is 0. The molecule has 0 saturated carbocycles. The van der Waals surface area contributed by atoms with E-state index in [1.54, 1.807) is 0 Å². The van der Waals surface area contributed by atoms with Gasteiger partial charge in [-0.15, -0.1) is 0 Å². The van der Waals surface area contributed by atoms with E-state index in [-0.39, 0.29) is 0 Å². The van der Waals surface area contributed by atoms with Crippen molar-refractivity contribution in [3.63, 3.8) is 0 Å². The average Bonchev–Trinajstić information content (AvgIpc) is 1.85. The van der Waals surface area contributed by atoms with Gasteiger partial charge in [-0.2, -0.15) is 4.39 Å². The summed E-state index contributed by atoms with van der Waals surface area (Å²) in [4.78, 5) is 0. The van der Waals surface area contributed by atoms with Gasteiger partial charge in [-0.25, -0.2) is 0 Å². The number of hydrogen-bond acceptors (Lipinski definition) is 2. The fraction of sp³-hybridized carbons (Fsp3) is 1.00. The minimum atomic E-state index is -1.76. The predicted octanol–water partition coefficient (Wildman–Crippen LogP) is 1.42. The molecule has 0 bridgehead atoms. The average molecular weight is 161 g/mol. The molecular formula is C3H3Cl2FO2. The molecule has 48 valence electrons. The van der Waals surface area contributed by atoms with Gasteiger partial charge in [-0.3, -0.25) is 0 Å². The van der Waals surface area contributed by atoms with E-state index in [1.165, 1.54) is 0 Å². The number of rotatable bonds is 0. The molecule has 1 saturated heterocycles. The van der Waals surface area contributed by atoms with E-state index in [0.29, 0.717) is 0 Å². The number of alkyl halides is 3. The van der Waals surface area contributed by atoms with Crippen molar-refractivity contribution < 1.29 is 13.9 Å². The van der Waals surface area contributed by atoms with Crippen molar-refractivity contribution in [1.82, 2.24) is 0 Å². The van der Waals surface area contributed by atoms with E-state index >= 15 is 0 Å². The Labute approximate surface area is 55.5 Å². The maximum absolute atomic E-state index is 11.8. The number of hydrogen-bond donors (Lipinski definition) is 0. The van der Waals surface area contributed by atoms with Crippen LogP contribution in [0.3, 0.4) is 0 Å². The van der Waals surface area contributed by atoms with Gasteiger partial charge in [-0.1, -0.05) is 23.2 Å². The van der Waals surface area contributed by atoms with Crippen molar-refractivity contribution in [1.29, 1.82) is 0 Å². The van der Waals surface area contributed by atoms with E-state index in [1.807, 2.05) is 0 Å². The highest BCUT2D eigenvalue weighted by Crippen LogP contribution is 2.24. The summed E-state index contributed by atoms with van der Waals surface area (Å²) in [5.41, 5.74) is -1.74.